The Balaban J connectivity index is 1.82. The second kappa shape index (κ2) is 7.43. The minimum atomic E-state index is -0.245. The van der Waals surface area contributed by atoms with Crippen LogP contribution in [0.1, 0.15) is 24.0 Å². The Morgan fingerprint density at radius 2 is 2.14 bits per heavy atom. The van der Waals surface area contributed by atoms with E-state index in [2.05, 4.69) is 29.3 Å². The predicted octanol–water partition coefficient (Wildman–Crippen LogP) is 1.04. The number of hydrogen-bond donors (Lipinski definition) is 2. The molecule has 1 fully saturated rings. The number of piperidine rings is 1. The number of nitrogens with zero attached hydrogens (tertiary/aromatic N) is 1. The quantitative estimate of drug-likeness (QED) is 0.822. The van der Waals surface area contributed by atoms with Crippen LogP contribution in [-0.2, 0) is 11.3 Å². The van der Waals surface area contributed by atoms with Gasteiger partial charge < -0.3 is 15.8 Å². The van der Waals surface area contributed by atoms with Gasteiger partial charge in [0, 0.05) is 31.2 Å². The van der Waals surface area contributed by atoms with Crippen LogP contribution in [0.25, 0.3) is 0 Å². The molecule has 2 rings (SSSR count). The number of nitrogens with two attached hydrogens (primary N) is 1. The van der Waals surface area contributed by atoms with Gasteiger partial charge in [0.25, 0.3) is 0 Å². The zero-order valence-electron chi connectivity index (χ0n) is 12.9. The molecule has 1 saturated heterocycles. The number of methoxy groups -OCH3 is 1. The lowest BCUT2D eigenvalue weighted by Crippen LogP contribution is -2.45. The topological polar surface area (TPSA) is 67.6 Å². The summed E-state index contributed by atoms with van der Waals surface area (Å²) in [4.78, 5) is 13.0. The van der Waals surface area contributed by atoms with Crippen LogP contribution < -0.4 is 15.8 Å². The van der Waals surface area contributed by atoms with Crippen molar-refractivity contribution in [2.75, 3.05) is 26.7 Å². The molecule has 0 spiro atoms. The van der Waals surface area contributed by atoms with Gasteiger partial charge in [-0.1, -0.05) is 17.7 Å². The summed E-state index contributed by atoms with van der Waals surface area (Å²) in [6.45, 7) is 5.12. The molecule has 1 aliphatic heterocycles. The van der Waals surface area contributed by atoms with E-state index < -0.39 is 0 Å². The van der Waals surface area contributed by atoms with Gasteiger partial charge in [-0.3, -0.25) is 9.69 Å². The van der Waals surface area contributed by atoms with Crippen molar-refractivity contribution >= 4 is 5.91 Å². The fourth-order valence-electron chi connectivity index (χ4n) is 2.82. The Morgan fingerprint density at radius 3 is 2.76 bits per heavy atom. The van der Waals surface area contributed by atoms with Crippen molar-refractivity contribution in [3.63, 3.8) is 0 Å². The molecule has 0 unspecified atom stereocenters. The van der Waals surface area contributed by atoms with Crippen LogP contribution in [0.15, 0.2) is 18.2 Å². The SMILES string of the molecule is COc1ccc(C)cc1CNC1CCN(CC(N)=O)CC1. The highest BCUT2D eigenvalue weighted by Gasteiger charge is 2.19. The van der Waals surface area contributed by atoms with E-state index in [9.17, 15) is 4.79 Å². The number of hydrogen-bond acceptors (Lipinski definition) is 4. The average Bonchev–Trinajstić information content (AvgIpc) is 2.46. The molecule has 1 aromatic rings. The third kappa shape index (κ3) is 4.72. The monoisotopic (exact) mass is 291 g/mol. The Kier molecular flexibility index (Phi) is 5.59. The highest BCUT2D eigenvalue weighted by molar-refractivity contribution is 5.75. The lowest BCUT2D eigenvalue weighted by atomic mass is 10.0. The third-order valence-corrected chi connectivity index (χ3v) is 3.98. The van der Waals surface area contributed by atoms with Crippen molar-refractivity contribution < 1.29 is 9.53 Å². The van der Waals surface area contributed by atoms with Gasteiger partial charge in [-0.15, -0.1) is 0 Å². The van der Waals surface area contributed by atoms with Gasteiger partial charge in [0.15, 0.2) is 0 Å². The summed E-state index contributed by atoms with van der Waals surface area (Å²) >= 11 is 0. The van der Waals surface area contributed by atoms with E-state index in [0.29, 0.717) is 12.6 Å². The molecule has 116 valence electrons. The van der Waals surface area contributed by atoms with E-state index in [0.717, 1.165) is 38.2 Å². The largest absolute Gasteiger partial charge is 0.496 e. The molecular formula is C16H25N3O2. The van der Waals surface area contributed by atoms with E-state index >= 15 is 0 Å². The van der Waals surface area contributed by atoms with Gasteiger partial charge in [-0.05, 0) is 25.8 Å². The van der Waals surface area contributed by atoms with Crippen LogP contribution in [-0.4, -0.2) is 43.6 Å². The van der Waals surface area contributed by atoms with Gasteiger partial charge in [0.05, 0.1) is 13.7 Å². The Morgan fingerprint density at radius 1 is 1.43 bits per heavy atom. The first kappa shape index (κ1) is 15.8. The summed E-state index contributed by atoms with van der Waals surface area (Å²) in [6, 6.07) is 6.72. The molecule has 3 N–H and O–H groups in total. The number of carbonyl (C=O) groups is 1. The highest BCUT2D eigenvalue weighted by atomic mass is 16.5. The maximum atomic E-state index is 10.9. The van der Waals surface area contributed by atoms with Gasteiger partial charge in [-0.25, -0.2) is 0 Å². The van der Waals surface area contributed by atoms with Crippen LogP contribution >= 0.6 is 0 Å². The zero-order chi connectivity index (χ0) is 15.2. The number of primary amides is 1. The third-order valence-electron chi connectivity index (χ3n) is 3.98. The number of rotatable bonds is 6. The summed E-state index contributed by atoms with van der Waals surface area (Å²) in [7, 11) is 1.70. The molecular weight excluding hydrogens is 266 g/mol. The maximum absolute atomic E-state index is 10.9. The minimum absolute atomic E-state index is 0.245. The molecule has 0 aromatic heterocycles. The van der Waals surface area contributed by atoms with Crippen molar-refractivity contribution in [1.82, 2.24) is 10.2 Å². The van der Waals surface area contributed by atoms with Gasteiger partial charge >= 0.3 is 0 Å². The molecule has 1 heterocycles. The van der Waals surface area contributed by atoms with Crippen molar-refractivity contribution in [1.29, 1.82) is 0 Å². The summed E-state index contributed by atoms with van der Waals surface area (Å²) < 4.78 is 5.40. The lowest BCUT2D eigenvalue weighted by Gasteiger charge is -2.31. The fraction of sp³-hybridized carbons (Fsp3) is 0.562. The van der Waals surface area contributed by atoms with E-state index in [1.807, 2.05) is 6.07 Å². The summed E-state index contributed by atoms with van der Waals surface area (Å²) in [5, 5.41) is 3.59. The number of ether oxygens (including phenoxy) is 1. The van der Waals surface area contributed by atoms with Crippen molar-refractivity contribution in [3.8, 4) is 5.75 Å². The van der Waals surface area contributed by atoms with Crippen LogP contribution in [0, 0.1) is 6.92 Å². The molecule has 1 aromatic carbocycles. The normalized spacial score (nSPS) is 16.9. The fourth-order valence-corrected chi connectivity index (χ4v) is 2.82. The number of carbonyl (C=O) groups excluding carboxylic acids is 1. The molecule has 1 aliphatic rings. The van der Waals surface area contributed by atoms with E-state index in [-0.39, 0.29) is 5.91 Å². The number of likely N-dealkylation sites (tertiary alicyclic amines) is 1. The van der Waals surface area contributed by atoms with E-state index in [4.69, 9.17) is 10.5 Å². The molecule has 1 amide bonds. The van der Waals surface area contributed by atoms with Crippen LogP contribution in [0.2, 0.25) is 0 Å². The smallest absolute Gasteiger partial charge is 0.231 e. The molecule has 21 heavy (non-hydrogen) atoms. The standard InChI is InChI=1S/C16H25N3O2/c1-12-3-4-15(21-2)13(9-12)10-18-14-5-7-19(8-6-14)11-16(17)20/h3-4,9,14,18H,5-8,10-11H2,1-2H3,(H2,17,20). The van der Waals surface area contributed by atoms with E-state index in [1.54, 1.807) is 7.11 Å². The summed E-state index contributed by atoms with van der Waals surface area (Å²) in [5.74, 6) is 0.685. The molecule has 0 aliphatic carbocycles. The average molecular weight is 291 g/mol. The molecule has 0 saturated carbocycles. The highest BCUT2D eigenvalue weighted by Crippen LogP contribution is 2.20. The number of benzene rings is 1. The maximum Gasteiger partial charge on any atom is 0.231 e. The molecule has 5 heteroatoms. The first-order valence-corrected chi connectivity index (χ1v) is 7.46. The Hall–Kier alpha value is -1.59. The van der Waals surface area contributed by atoms with Crippen LogP contribution in [0.3, 0.4) is 0 Å². The Bertz CT molecular complexity index is 482. The first-order chi connectivity index (χ1) is 10.1. The lowest BCUT2D eigenvalue weighted by molar-refractivity contribution is -0.119. The zero-order valence-corrected chi connectivity index (χ0v) is 12.9. The number of aryl methyl sites for hydroxylation is 1. The molecule has 0 bridgehead atoms. The van der Waals surface area contributed by atoms with Crippen molar-refractivity contribution in [2.24, 2.45) is 5.73 Å². The first-order valence-electron chi connectivity index (χ1n) is 7.46. The van der Waals surface area contributed by atoms with E-state index in [1.165, 1.54) is 11.1 Å². The van der Waals surface area contributed by atoms with Crippen molar-refractivity contribution in [2.45, 2.75) is 32.4 Å². The van der Waals surface area contributed by atoms with Gasteiger partial charge in [0.1, 0.15) is 5.75 Å². The van der Waals surface area contributed by atoms with Gasteiger partial charge in [-0.2, -0.15) is 0 Å². The second-order valence-corrected chi connectivity index (χ2v) is 5.71. The number of amides is 1. The van der Waals surface area contributed by atoms with Crippen LogP contribution in [0.4, 0.5) is 0 Å². The van der Waals surface area contributed by atoms with Gasteiger partial charge in [0.2, 0.25) is 5.91 Å². The summed E-state index contributed by atoms with van der Waals surface area (Å²) in [6.07, 6.45) is 2.09. The molecule has 5 nitrogen and oxygen atoms in total. The second-order valence-electron chi connectivity index (χ2n) is 5.71. The van der Waals surface area contributed by atoms with Crippen LogP contribution in [0.5, 0.6) is 5.75 Å². The Labute approximate surface area is 126 Å². The minimum Gasteiger partial charge on any atom is -0.496 e. The molecule has 0 radical (unpaired) electrons. The van der Waals surface area contributed by atoms with Crippen molar-refractivity contribution in [3.05, 3.63) is 29.3 Å². The predicted molar refractivity (Wildman–Crippen MR) is 83.2 cm³/mol. The summed E-state index contributed by atoms with van der Waals surface area (Å²) in [5.41, 5.74) is 7.66. The molecule has 0 atom stereocenters. The number of nitrogens with one attached hydrogen (secondary N) is 1.